The summed E-state index contributed by atoms with van der Waals surface area (Å²) in [5.41, 5.74) is -2.31. The van der Waals surface area contributed by atoms with E-state index in [-0.39, 0.29) is 11.6 Å². The third-order valence-corrected chi connectivity index (χ3v) is 3.36. The van der Waals surface area contributed by atoms with Gasteiger partial charge in [-0.1, -0.05) is 0 Å². The number of rotatable bonds is 1. The molecule has 0 bridgehead atoms. The molecular formula is C21H30N4O6. The summed E-state index contributed by atoms with van der Waals surface area (Å²) in [5, 5.41) is 0.517. The molecule has 0 saturated carbocycles. The molecule has 10 nitrogen and oxygen atoms in total. The molecule has 170 valence electrons. The molecule has 2 rings (SSSR count). The molecule has 2 aromatic rings. The molecule has 2 aromatic heterocycles. The second kappa shape index (κ2) is 8.16. The SMILES string of the molecule is CC(C)(C)OC(=O)N(C(=O)OC(C)(C)C)c1ncc2ccn(C(=O)OC(C)(C)C)c2n1. The van der Waals surface area contributed by atoms with E-state index in [0.29, 0.717) is 10.3 Å². The van der Waals surface area contributed by atoms with Crippen LogP contribution in [0.15, 0.2) is 18.5 Å². The standard InChI is InChI=1S/C21H30N4O6/c1-19(2,3)29-16(26)24-11-10-13-12-22-15(23-14(13)24)25(17(27)30-20(4,5)6)18(28)31-21(7,8)9/h10-12H,1-9H3. The average molecular weight is 434 g/mol. The van der Waals surface area contributed by atoms with Gasteiger partial charge in [0.25, 0.3) is 0 Å². The van der Waals surface area contributed by atoms with Crippen molar-refractivity contribution in [2.24, 2.45) is 0 Å². The van der Waals surface area contributed by atoms with Crippen molar-refractivity contribution in [2.45, 2.75) is 79.1 Å². The number of anilines is 1. The van der Waals surface area contributed by atoms with Crippen LogP contribution in [0.3, 0.4) is 0 Å². The van der Waals surface area contributed by atoms with Crippen LogP contribution in [0.1, 0.15) is 62.3 Å². The van der Waals surface area contributed by atoms with Gasteiger partial charge in [0.2, 0.25) is 5.95 Å². The molecule has 0 aromatic carbocycles. The maximum Gasteiger partial charge on any atom is 0.427 e. The first-order chi connectivity index (χ1) is 14.0. The smallest absolute Gasteiger partial charge is 0.427 e. The van der Waals surface area contributed by atoms with Gasteiger partial charge in [-0.3, -0.25) is 0 Å². The van der Waals surface area contributed by atoms with Gasteiger partial charge in [0, 0.05) is 17.8 Å². The molecule has 0 saturated heterocycles. The highest BCUT2D eigenvalue weighted by Gasteiger charge is 2.35. The molecule has 2 amide bonds. The second-order valence-electron chi connectivity index (χ2n) is 9.91. The molecule has 0 aliphatic heterocycles. The minimum absolute atomic E-state index is 0.163. The van der Waals surface area contributed by atoms with E-state index < -0.39 is 35.1 Å². The fourth-order valence-corrected chi connectivity index (χ4v) is 2.33. The molecule has 0 spiro atoms. The predicted octanol–water partition coefficient (Wildman–Crippen LogP) is 4.89. The first kappa shape index (κ1) is 24.1. The number of hydrogen-bond donors (Lipinski definition) is 0. The lowest BCUT2D eigenvalue weighted by atomic mass is 10.2. The Labute approximate surface area is 181 Å². The molecule has 0 atom stereocenters. The van der Waals surface area contributed by atoms with Gasteiger partial charge in [-0.15, -0.1) is 4.90 Å². The molecule has 0 aliphatic carbocycles. The lowest BCUT2D eigenvalue weighted by molar-refractivity contribution is 0.0426. The van der Waals surface area contributed by atoms with Crippen LogP contribution in [0.2, 0.25) is 0 Å². The van der Waals surface area contributed by atoms with Gasteiger partial charge < -0.3 is 14.2 Å². The molecule has 0 fully saturated rings. The Hall–Kier alpha value is -3.17. The van der Waals surface area contributed by atoms with Crippen molar-refractivity contribution in [3.63, 3.8) is 0 Å². The summed E-state index contributed by atoms with van der Waals surface area (Å²) in [6, 6.07) is 1.62. The van der Waals surface area contributed by atoms with Gasteiger partial charge in [-0.05, 0) is 68.4 Å². The molecule has 31 heavy (non-hydrogen) atoms. The van der Waals surface area contributed by atoms with Crippen LogP contribution < -0.4 is 4.90 Å². The Bertz CT molecular complexity index is 964. The second-order valence-corrected chi connectivity index (χ2v) is 9.91. The number of ether oxygens (including phenoxy) is 3. The zero-order chi connectivity index (χ0) is 23.8. The number of amides is 2. The van der Waals surface area contributed by atoms with Crippen LogP contribution >= 0.6 is 0 Å². The Balaban J connectivity index is 2.53. The van der Waals surface area contributed by atoms with E-state index in [9.17, 15) is 14.4 Å². The van der Waals surface area contributed by atoms with Gasteiger partial charge >= 0.3 is 18.3 Å². The van der Waals surface area contributed by atoms with Crippen LogP contribution in [0.5, 0.6) is 0 Å². The van der Waals surface area contributed by atoms with Gasteiger partial charge in [0.15, 0.2) is 5.65 Å². The summed E-state index contributed by atoms with van der Waals surface area (Å²) in [5.74, 6) is -0.292. The van der Waals surface area contributed by atoms with E-state index in [0.717, 1.165) is 0 Å². The van der Waals surface area contributed by atoms with Crippen molar-refractivity contribution in [3.8, 4) is 0 Å². The monoisotopic (exact) mass is 434 g/mol. The minimum atomic E-state index is -1.00. The number of carbonyl (C=O) groups is 3. The van der Waals surface area contributed by atoms with Crippen molar-refractivity contribution >= 4 is 35.3 Å². The summed E-state index contributed by atoms with van der Waals surface area (Å²) in [6.45, 7) is 15.2. The number of aromatic nitrogens is 3. The highest BCUT2D eigenvalue weighted by Crippen LogP contribution is 2.22. The quantitative estimate of drug-likeness (QED) is 0.583. The number of imide groups is 1. The zero-order valence-electron chi connectivity index (χ0n) is 19.5. The Morgan fingerprint density at radius 1 is 0.839 bits per heavy atom. The lowest BCUT2D eigenvalue weighted by Gasteiger charge is -2.27. The lowest BCUT2D eigenvalue weighted by Crippen LogP contribution is -2.44. The molecule has 2 heterocycles. The highest BCUT2D eigenvalue weighted by atomic mass is 16.6. The van der Waals surface area contributed by atoms with E-state index in [1.54, 1.807) is 68.4 Å². The average Bonchev–Trinajstić information content (AvgIpc) is 2.93. The van der Waals surface area contributed by atoms with Gasteiger partial charge in [-0.25, -0.2) is 23.9 Å². The van der Waals surface area contributed by atoms with Crippen molar-refractivity contribution in [2.75, 3.05) is 4.90 Å². The minimum Gasteiger partial charge on any atom is -0.443 e. The van der Waals surface area contributed by atoms with Crippen LogP contribution in [0.25, 0.3) is 11.0 Å². The highest BCUT2D eigenvalue weighted by molar-refractivity contribution is 6.08. The zero-order valence-corrected chi connectivity index (χ0v) is 19.5. The van der Waals surface area contributed by atoms with Gasteiger partial charge in [0.1, 0.15) is 16.8 Å². The van der Waals surface area contributed by atoms with E-state index in [1.807, 2.05) is 0 Å². The molecule has 0 N–H and O–H groups in total. The van der Waals surface area contributed by atoms with Gasteiger partial charge in [0.05, 0.1) is 0 Å². The van der Waals surface area contributed by atoms with Crippen molar-refractivity contribution in [3.05, 3.63) is 18.5 Å². The third-order valence-electron chi connectivity index (χ3n) is 3.36. The number of carbonyl (C=O) groups excluding carboxylic acids is 3. The maximum absolute atomic E-state index is 12.8. The summed E-state index contributed by atoms with van der Waals surface area (Å²) in [6.07, 6.45) is 0.198. The molecule has 0 radical (unpaired) electrons. The summed E-state index contributed by atoms with van der Waals surface area (Å²) in [4.78, 5) is 47.1. The Kier molecular flexibility index (Phi) is 6.35. The van der Waals surface area contributed by atoms with Crippen LogP contribution in [-0.4, -0.2) is 49.6 Å². The normalized spacial score (nSPS) is 12.4. The molecule has 0 unspecified atom stereocenters. The van der Waals surface area contributed by atoms with Crippen LogP contribution in [0, 0.1) is 0 Å². The fourth-order valence-electron chi connectivity index (χ4n) is 2.33. The van der Waals surface area contributed by atoms with E-state index in [1.165, 1.54) is 17.0 Å². The molecular weight excluding hydrogens is 404 g/mol. The summed E-state index contributed by atoms with van der Waals surface area (Å²) in [7, 11) is 0. The fraction of sp³-hybridized carbons (Fsp3) is 0.571. The van der Waals surface area contributed by atoms with Crippen molar-refractivity contribution in [1.29, 1.82) is 0 Å². The predicted molar refractivity (Wildman–Crippen MR) is 114 cm³/mol. The largest absolute Gasteiger partial charge is 0.443 e. The van der Waals surface area contributed by atoms with Crippen LogP contribution in [-0.2, 0) is 14.2 Å². The number of fused-ring (bicyclic) bond motifs is 1. The Morgan fingerprint density at radius 3 is 1.77 bits per heavy atom. The molecule has 0 aliphatic rings. The number of nitrogens with zero attached hydrogens (tertiary/aromatic N) is 4. The first-order valence-corrected chi connectivity index (χ1v) is 9.80. The maximum atomic E-state index is 12.8. The Morgan fingerprint density at radius 2 is 1.32 bits per heavy atom. The van der Waals surface area contributed by atoms with E-state index in [4.69, 9.17) is 14.2 Å². The summed E-state index contributed by atoms with van der Waals surface area (Å²) >= 11 is 0. The third kappa shape index (κ3) is 6.66. The molecule has 10 heteroatoms. The van der Waals surface area contributed by atoms with Crippen molar-refractivity contribution in [1.82, 2.24) is 14.5 Å². The number of hydrogen-bond acceptors (Lipinski definition) is 8. The van der Waals surface area contributed by atoms with E-state index >= 15 is 0 Å². The topological polar surface area (TPSA) is 113 Å². The van der Waals surface area contributed by atoms with Crippen LogP contribution in [0.4, 0.5) is 20.3 Å². The van der Waals surface area contributed by atoms with Crippen molar-refractivity contribution < 1.29 is 28.6 Å². The summed E-state index contributed by atoms with van der Waals surface area (Å²) < 4.78 is 17.2. The first-order valence-electron chi connectivity index (χ1n) is 9.80. The van der Waals surface area contributed by atoms with Gasteiger partial charge in [-0.2, -0.15) is 4.98 Å². The van der Waals surface area contributed by atoms with E-state index in [2.05, 4.69) is 9.97 Å².